The highest BCUT2D eigenvalue weighted by atomic mass is 32.2. The van der Waals surface area contributed by atoms with Crippen molar-refractivity contribution in [3.05, 3.63) is 60.7 Å². The molecular formula is C20H22N2S. The van der Waals surface area contributed by atoms with E-state index in [9.17, 15) is 0 Å². The fourth-order valence-electron chi connectivity index (χ4n) is 2.35. The fourth-order valence-corrected chi connectivity index (χ4v) is 3.49. The molecule has 0 atom stereocenters. The van der Waals surface area contributed by atoms with Crippen molar-refractivity contribution in [2.24, 2.45) is 0 Å². The number of hydrogen-bond acceptors (Lipinski definition) is 3. The summed E-state index contributed by atoms with van der Waals surface area (Å²) in [4.78, 5) is 4.92. The van der Waals surface area contributed by atoms with Gasteiger partial charge in [0, 0.05) is 22.2 Å². The molecule has 1 aromatic heterocycles. The van der Waals surface area contributed by atoms with E-state index >= 15 is 0 Å². The van der Waals surface area contributed by atoms with Crippen LogP contribution in [-0.4, -0.2) is 23.3 Å². The summed E-state index contributed by atoms with van der Waals surface area (Å²) in [5.41, 5.74) is 3.56. The smallest absolute Gasteiger partial charge is 0.105 e. The van der Waals surface area contributed by atoms with Crippen LogP contribution in [0.3, 0.4) is 0 Å². The Bertz CT molecular complexity index is 797. The Morgan fingerprint density at radius 2 is 1.70 bits per heavy atom. The van der Waals surface area contributed by atoms with Crippen LogP contribution < -0.4 is 5.32 Å². The first-order chi connectivity index (χ1) is 11.1. The molecule has 0 spiro atoms. The van der Waals surface area contributed by atoms with E-state index in [1.54, 1.807) is 0 Å². The predicted molar refractivity (Wildman–Crippen MR) is 101 cm³/mol. The third-order valence-electron chi connectivity index (χ3n) is 4.02. The number of thioether (sulfide) groups is 1. The first-order valence-electron chi connectivity index (χ1n) is 7.86. The summed E-state index contributed by atoms with van der Waals surface area (Å²) in [7, 11) is 2.01. The average molecular weight is 322 g/mol. The number of fused-ring (bicyclic) bond motifs is 1. The average Bonchev–Trinajstić information content (AvgIpc) is 2.60. The van der Waals surface area contributed by atoms with Crippen molar-refractivity contribution in [2.75, 3.05) is 12.8 Å². The Hall–Kier alpha value is -1.84. The van der Waals surface area contributed by atoms with Crippen molar-refractivity contribution < 1.29 is 0 Å². The minimum absolute atomic E-state index is 0.0753. The number of hydrogen-bond donors (Lipinski definition) is 1. The quantitative estimate of drug-likeness (QED) is 0.670. The zero-order valence-corrected chi connectivity index (χ0v) is 14.7. The van der Waals surface area contributed by atoms with Gasteiger partial charge in [0.15, 0.2) is 0 Å². The number of aromatic nitrogens is 1. The summed E-state index contributed by atoms with van der Waals surface area (Å²) < 4.78 is 0. The molecule has 0 saturated carbocycles. The van der Waals surface area contributed by atoms with Crippen LogP contribution in [-0.2, 0) is 0 Å². The Morgan fingerprint density at radius 1 is 1.00 bits per heavy atom. The number of rotatable bonds is 5. The van der Waals surface area contributed by atoms with Crippen LogP contribution in [0.1, 0.15) is 13.8 Å². The van der Waals surface area contributed by atoms with Crippen molar-refractivity contribution in [2.45, 2.75) is 24.4 Å². The molecule has 0 amide bonds. The Labute approximate surface area is 142 Å². The lowest BCUT2D eigenvalue weighted by atomic mass is 10.1. The molecule has 2 nitrogen and oxygen atoms in total. The van der Waals surface area contributed by atoms with E-state index in [1.807, 2.05) is 24.9 Å². The Morgan fingerprint density at radius 3 is 2.43 bits per heavy atom. The van der Waals surface area contributed by atoms with Gasteiger partial charge in [-0.15, -0.1) is 11.8 Å². The Balaban J connectivity index is 2.06. The van der Waals surface area contributed by atoms with E-state index in [-0.39, 0.29) is 5.54 Å². The highest BCUT2D eigenvalue weighted by molar-refractivity contribution is 7.99. The molecule has 0 saturated heterocycles. The van der Waals surface area contributed by atoms with Gasteiger partial charge in [0.1, 0.15) is 5.03 Å². The van der Waals surface area contributed by atoms with E-state index < -0.39 is 0 Å². The van der Waals surface area contributed by atoms with Crippen LogP contribution in [0.25, 0.3) is 22.0 Å². The monoisotopic (exact) mass is 322 g/mol. The maximum absolute atomic E-state index is 4.92. The molecule has 1 heterocycles. The largest absolute Gasteiger partial charge is 0.314 e. The first kappa shape index (κ1) is 16.0. The van der Waals surface area contributed by atoms with Crippen LogP contribution >= 0.6 is 11.8 Å². The third kappa shape index (κ3) is 3.74. The molecule has 0 fully saturated rings. The number of nitrogens with one attached hydrogen (secondary N) is 1. The molecule has 0 unspecified atom stereocenters. The topological polar surface area (TPSA) is 24.9 Å². The van der Waals surface area contributed by atoms with Crippen LogP contribution in [0.15, 0.2) is 65.7 Å². The van der Waals surface area contributed by atoms with E-state index in [0.29, 0.717) is 0 Å². The van der Waals surface area contributed by atoms with Gasteiger partial charge in [0.2, 0.25) is 0 Å². The van der Waals surface area contributed by atoms with Crippen molar-refractivity contribution in [3.63, 3.8) is 0 Å². The zero-order chi connectivity index (χ0) is 16.3. The number of nitrogens with zero attached hydrogens (tertiary/aromatic N) is 1. The fraction of sp³-hybridized carbons (Fsp3) is 0.250. The number of benzene rings is 2. The SMILES string of the molecule is CNC(C)(C)CSc1nc2ccccc2cc1-c1ccccc1. The van der Waals surface area contributed by atoms with Gasteiger partial charge in [0.25, 0.3) is 0 Å². The van der Waals surface area contributed by atoms with Crippen LogP contribution in [0.2, 0.25) is 0 Å². The molecule has 3 rings (SSSR count). The van der Waals surface area contributed by atoms with Gasteiger partial charge >= 0.3 is 0 Å². The van der Waals surface area contributed by atoms with E-state index in [0.717, 1.165) is 16.3 Å². The van der Waals surface area contributed by atoms with Gasteiger partial charge in [-0.3, -0.25) is 0 Å². The van der Waals surface area contributed by atoms with Gasteiger partial charge in [-0.25, -0.2) is 4.98 Å². The van der Waals surface area contributed by atoms with Gasteiger partial charge in [-0.2, -0.15) is 0 Å². The summed E-state index contributed by atoms with van der Waals surface area (Å²) in [6.07, 6.45) is 0. The van der Waals surface area contributed by atoms with Crippen LogP contribution in [0.4, 0.5) is 0 Å². The second kappa shape index (κ2) is 6.73. The Kier molecular flexibility index (Phi) is 4.69. The zero-order valence-electron chi connectivity index (χ0n) is 13.8. The minimum atomic E-state index is 0.0753. The van der Waals surface area contributed by atoms with Crippen molar-refractivity contribution in [1.82, 2.24) is 10.3 Å². The molecule has 3 aromatic rings. The van der Waals surface area contributed by atoms with Crippen molar-refractivity contribution >= 4 is 22.7 Å². The normalized spacial score (nSPS) is 11.8. The lowest BCUT2D eigenvalue weighted by Gasteiger charge is -2.23. The molecule has 1 N–H and O–H groups in total. The second-order valence-corrected chi connectivity index (χ2v) is 7.29. The van der Waals surface area contributed by atoms with Crippen LogP contribution in [0, 0.1) is 0 Å². The number of para-hydroxylation sites is 1. The molecule has 23 heavy (non-hydrogen) atoms. The lowest BCUT2D eigenvalue weighted by Crippen LogP contribution is -2.38. The summed E-state index contributed by atoms with van der Waals surface area (Å²) in [5, 5.41) is 5.64. The predicted octanol–water partition coefficient (Wildman–Crippen LogP) is 4.99. The summed E-state index contributed by atoms with van der Waals surface area (Å²) in [5.74, 6) is 0.967. The summed E-state index contributed by atoms with van der Waals surface area (Å²) in [6, 6.07) is 21.1. The van der Waals surface area contributed by atoms with Gasteiger partial charge in [-0.05, 0) is 38.6 Å². The molecule has 0 aliphatic heterocycles. The molecule has 3 heteroatoms. The molecule has 0 aliphatic carbocycles. The number of pyridine rings is 1. The first-order valence-corrected chi connectivity index (χ1v) is 8.84. The molecule has 118 valence electrons. The standard InChI is InChI=1S/C20H22N2S/c1-20(2,21-3)14-23-19-17(15-9-5-4-6-10-15)13-16-11-7-8-12-18(16)22-19/h4-13,21H,14H2,1-3H3. The molecule has 2 aromatic carbocycles. The maximum atomic E-state index is 4.92. The lowest BCUT2D eigenvalue weighted by molar-refractivity contribution is 0.478. The molecule has 0 aliphatic rings. The van der Waals surface area contributed by atoms with E-state index in [1.165, 1.54) is 16.5 Å². The highest BCUT2D eigenvalue weighted by Crippen LogP contribution is 2.34. The van der Waals surface area contributed by atoms with E-state index in [2.05, 4.69) is 73.8 Å². The summed E-state index contributed by atoms with van der Waals surface area (Å²) in [6.45, 7) is 4.42. The van der Waals surface area contributed by atoms with E-state index in [4.69, 9.17) is 4.98 Å². The van der Waals surface area contributed by atoms with Crippen molar-refractivity contribution in [3.8, 4) is 11.1 Å². The molecular weight excluding hydrogens is 300 g/mol. The molecule has 0 bridgehead atoms. The second-order valence-electron chi connectivity index (χ2n) is 6.32. The maximum Gasteiger partial charge on any atom is 0.105 e. The minimum Gasteiger partial charge on any atom is -0.314 e. The van der Waals surface area contributed by atoms with Gasteiger partial charge in [-0.1, -0.05) is 48.5 Å². The highest BCUT2D eigenvalue weighted by Gasteiger charge is 2.17. The summed E-state index contributed by atoms with van der Waals surface area (Å²) >= 11 is 1.81. The van der Waals surface area contributed by atoms with Crippen LogP contribution in [0.5, 0.6) is 0 Å². The van der Waals surface area contributed by atoms with Gasteiger partial charge < -0.3 is 5.32 Å². The molecule has 0 radical (unpaired) electrons. The van der Waals surface area contributed by atoms with Gasteiger partial charge in [0.05, 0.1) is 5.52 Å². The van der Waals surface area contributed by atoms with Crippen molar-refractivity contribution in [1.29, 1.82) is 0 Å². The third-order valence-corrected chi connectivity index (χ3v) is 5.47.